The van der Waals surface area contributed by atoms with Crippen LogP contribution in [0.1, 0.15) is 36.8 Å². The van der Waals surface area contributed by atoms with Crippen molar-refractivity contribution < 1.29 is 22.7 Å². The molecule has 2 aromatic rings. The highest BCUT2D eigenvalue weighted by Crippen LogP contribution is 2.51. The van der Waals surface area contributed by atoms with Gasteiger partial charge in [-0.3, -0.25) is 4.79 Å². The number of aliphatic imine (C=N–C) groups is 1. The Morgan fingerprint density at radius 1 is 1.19 bits per heavy atom. The van der Waals surface area contributed by atoms with Crippen LogP contribution in [-0.2, 0) is 10.3 Å². The van der Waals surface area contributed by atoms with Gasteiger partial charge < -0.3 is 15.8 Å². The second-order valence-corrected chi connectivity index (χ2v) is 8.19. The number of nitrogens with one attached hydrogen (secondary N) is 1. The SMILES string of the molecule is CC1(C)OC(N)=NC(C)(c2cc(NC(=O)c3ncc(Cl)cc3Cl)ccc2F)C1(F)F.Cl. The van der Waals surface area contributed by atoms with Gasteiger partial charge in [-0.1, -0.05) is 23.2 Å². The molecule has 0 radical (unpaired) electrons. The fourth-order valence-corrected chi connectivity index (χ4v) is 3.67. The number of alkyl halides is 2. The highest BCUT2D eigenvalue weighted by Gasteiger charge is 2.66. The Morgan fingerprint density at radius 2 is 1.84 bits per heavy atom. The molecule has 0 aliphatic carbocycles. The van der Waals surface area contributed by atoms with Gasteiger partial charge in [-0.2, -0.15) is 8.78 Å². The van der Waals surface area contributed by atoms with Crippen molar-refractivity contribution in [1.29, 1.82) is 0 Å². The van der Waals surface area contributed by atoms with Crippen LogP contribution < -0.4 is 11.1 Å². The average Bonchev–Trinajstić information content (AvgIpc) is 2.61. The van der Waals surface area contributed by atoms with Crippen LogP contribution in [0.15, 0.2) is 35.5 Å². The first-order valence-electron chi connectivity index (χ1n) is 8.63. The number of amidine groups is 1. The summed E-state index contributed by atoms with van der Waals surface area (Å²) in [6, 6.07) is 4.03. The maximum absolute atomic E-state index is 15.2. The Bertz CT molecular complexity index is 1070. The van der Waals surface area contributed by atoms with Crippen LogP contribution in [0.3, 0.4) is 0 Å². The standard InChI is InChI=1S/C19H17Cl2F3N4O2.ClH/c1-17(2)19(23,24)18(3,28-16(25)30-17)11-7-10(4-5-13(11)22)27-15(29)14-12(21)6-9(20)8-26-14;/h4-8H,1-3H3,(H2,25,28)(H,27,29);1H. The van der Waals surface area contributed by atoms with Crippen molar-refractivity contribution in [2.24, 2.45) is 10.7 Å². The predicted octanol–water partition coefficient (Wildman–Crippen LogP) is 5.18. The van der Waals surface area contributed by atoms with Gasteiger partial charge in [0.05, 0.1) is 10.0 Å². The van der Waals surface area contributed by atoms with E-state index in [-0.39, 0.29) is 33.8 Å². The maximum Gasteiger partial charge on any atom is 0.315 e. The lowest BCUT2D eigenvalue weighted by molar-refractivity contribution is -0.207. The predicted molar refractivity (Wildman–Crippen MR) is 115 cm³/mol. The third-order valence-corrected chi connectivity index (χ3v) is 5.33. The molecule has 2 heterocycles. The highest BCUT2D eigenvalue weighted by molar-refractivity contribution is 6.36. The average molecular weight is 498 g/mol. The second-order valence-electron chi connectivity index (χ2n) is 7.34. The minimum atomic E-state index is -3.65. The number of halogens is 6. The van der Waals surface area contributed by atoms with Crippen molar-refractivity contribution in [3.8, 4) is 0 Å². The van der Waals surface area contributed by atoms with Crippen LogP contribution in [0, 0.1) is 5.82 Å². The van der Waals surface area contributed by atoms with Gasteiger partial charge in [-0.05, 0) is 45.0 Å². The molecule has 0 saturated heterocycles. The first-order chi connectivity index (χ1) is 13.8. The Balaban J connectivity index is 0.00000341. The molecule has 168 valence electrons. The minimum absolute atomic E-state index is 0. The number of nitrogens with two attached hydrogens (primary N) is 1. The van der Waals surface area contributed by atoms with E-state index in [1.807, 2.05) is 0 Å². The van der Waals surface area contributed by atoms with Crippen LogP contribution in [0.5, 0.6) is 0 Å². The van der Waals surface area contributed by atoms with Crippen molar-refractivity contribution in [3.63, 3.8) is 0 Å². The lowest BCUT2D eigenvalue weighted by Gasteiger charge is -2.46. The number of rotatable bonds is 3. The van der Waals surface area contributed by atoms with Crippen LogP contribution in [0.4, 0.5) is 18.9 Å². The molecule has 1 amide bonds. The zero-order chi connectivity index (χ0) is 22.5. The van der Waals surface area contributed by atoms with E-state index < -0.39 is 40.4 Å². The Hall–Kier alpha value is -2.23. The number of carbonyl (C=O) groups excluding carboxylic acids is 1. The fourth-order valence-electron chi connectivity index (χ4n) is 3.20. The Morgan fingerprint density at radius 3 is 2.45 bits per heavy atom. The molecule has 3 rings (SSSR count). The molecule has 1 atom stereocenters. The summed E-state index contributed by atoms with van der Waals surface area (Å²) in [5, 5.41) is 2.67. The Labute approximate surface area is 192 Å². The van der Waals surface area contributed by atoms with Crippen LogP contribution >= 0.6 is 35.6 Å². The molecule has 1 aromatic heterocycles. The van der Waals surface area contributed by atoms with Crippen molar-refractivity contribution in [1.82, 2.24) is 4.98 Å². The van der Waals surface area contributed by atoms with E-state index in [2.05, 4.69) is 15.3 Å². The summed E-state index contributed by atoms with van der Waals surface area (Å²) in [4.78, 5) is 20.0. The lowest BCUT2D eigenvalue weighted by Crippen LogP contribution is -2.62. The van der Waals surface area contributed by atoms with Gasteiger partial charge in [-0.15, -0.1) is 12.4 Å². The molecule has 6 nitrogen and oxygen atoms in total. The maximum atomic E-state index is 15.2. The molecule has 0 spiro atoms. The van der Waals surface area contributed by atoms with E-state index in [1.165, 1.54) is 18.3 Å². The molecule has 12 heteroatoms. The number of aromatic nitrogens is 1. The normalized spacial score (nSPS) is 21.4. The number of amides is 1. The molecule has 0 saturated carbocycles. The van der Waals surface area contributed by atoms with Gasteiger partial charge in [0.2, 0.25) is 0 Å². The van der Waals surface area contributed by atoms with Gasteiger partial charge >= 0.3 is 5.92 Å². The van der Waals surface area contributed by atoms with E-state index in [9.17, 15) is 9.18 Å². The van der Waals surface area contributed by atoms with Crippen LogP contribution in [0.25, 0.3) is 0 Å². The van der Waals surface area contributed by atoms with E-state index in [1.54, 1.807) is 0 Å². The lowest BCUT2D eigenvalue weighted by atomic mass is 9.77. The fraction of sp³-hybridized carbons (Fsp3) is 0.316. The number of pyridine rings is 1. The zero-order valence-corrected chi connectivity index (χ0v) is 18.8. The monoisotopic (exact) mass is 496 g/mol. The van der Waals surface area contributed by atoms with Crippen LogP contribution in [-0.4, -0.2) is 28.4 Å². The number of ether oxygens (including phenoxy) is 1. The van der Waals surface area contributed by atoms with E-state index in [4.69, 9.17) is 33.7 Å². The van der Waals surface area contributed by atoms with Crippen molar-refractivity contribution in [2.75, 3.05) is 5.32 Å². The number of benzene rings is 1. The van der Waals surface area contributed by atoms with Gasteiger partial charge in [0.25, 0.3) is 11.9 Å². The molecule has 0 fully saturated rings. The van der Waals surface area contributed by atoms with E-state index >= 15 is 8.78 Å². The molecular weight excluding hydrogens is 480 g/mol. The van der Waals surface area contributed by atoms with Gasteiger partial charge in [-0.25, -0.2) is 14.4 Å². The first kappa shape index (κ1) is 25.0. The quantitative estimate of drug-likeness (QED) is 0.612. The number of hydrogen-bond acceptors (Lipinski definition) is 5. The summed E-state index contributed by atoms with van der Waals surface area (Å²) in [6.45, 7) is 3.31. The summed E-state index contributed by atoms with van der Waals surface area (Å²) in [7, 11) is 0. The summed E-state index contributed by atoms with van der Waals surface area (Å²) >= 11 is 11.7. The number of nitrogens with zero attached hydrogens (tertiary/aromatic N) is 2. The molecule has 3 N–H and O–H groups in total. The molecule has 1 aliphatic rings. The Kier molecular flexibility index (Phi) is 6.76. The third-order valence-electron chi connectivity index (χ3n) is 4.83. The van der Waals surface area contributed by atoms with Crippen molar-refractivity contribution in [2.45, 2.75) is 37.8 Å². The first-order valence-corrected chi connectivity index (χ1v) is 9.38. The van der Waals surface area contributed by atoms with Gasteiger partial charge in [0.15, 0.2) is 11.1 Å². The van der Waals surface area contributed by atoms with Crippen molar-refractivity contribution >= 4 is 53.2 Å². The minimum Gasteiger partial charge on any atom is -0.453 e. The third kappa shape index (κ3) is 4.26. The number of hydrogen-bond donors (Lipinski definition) is 2. The molecular formula is C19H18Cl3F3N4O2. The topological polar surface area (TPSA) is 89.6 Å². The summed E-state index contributed by atoms with van der Waals surface area (Å²) in [6.07, 6.45) is 1.22. The van der Waals surface area contributed by atoms with Crippen molar-refractivity contribution in [3.05, 3.63) is 57.6 Å². The molecule has 31 heavy (non-hydrogen) atoms. The van der Waals surface area contributed by atoms with E-state index in [0.29, 0.717) is 0 Å². The largest absolute Gasteiger partial charge is 0.453 e. The smallest absolute Gasteiger partial charge is 0.315 e. The summed E-state index contributed by atoms with van der Waals surface area (Å²) < 4.78 is 50.1. The van der Waals surface area contributed by atoms with E-state index in [0.717, 1.165) is 32.9 Å². The summed E-state index contributed by atoms with van der Waals surface area (Å²) in [5.41, 5.74) is 0.556. The molecule has 1 unspecified atom stereocenters. The molecule has 0 bridgehead atoms. The second kappa shape index (κ2) is 8.37. The highest BCUT2D eigenvalue weighted by atomic mass is 35.5. The molecule has 1 aromatic carbocycles. The molecule has 1 aliphatic heterocycles. The summed E-state index contributed by atoms with van der Waals surface area (Å²) in [5.74, 6) is -5.33. The zero-order valence-electron chi connectivity index (χ0n) is 16.5. The van der Waals surface area contributed by atoms with Gasteiger partial charge in [0, 0.05) is 17.4 Å². The number of carbonyl (C=O) groups is 1. The number of anilines is 1. The van der Waals surface area contributed by atoms with Crippen LogP contribution in [0.2, 0.25) is 10.0 Å². The van der Waals surface area contributed by atoms with Gasteiger partial charge in [0.1, 0.15) is 11.5 Å².